The van der Waals surface area contributed by atoms with E-state index in [0.29, 0.717) is 11.8 Å². The minimum atomic E-state index is 0.217. The van der Waals surface area contributed by atoms with Crippen LogP contribution in [0.2, 0.25) is 0 Å². The summed E-state index contributed by atoms with van der Waals surface area (Å²) in [5.41, 5.74) is 0. The van der Waals surface area contributed by atoms with E-state index in [4.69, 9.17) is 9.84 Å². The highest BCUT2D eigenvalue weighted by atomic mass is 16.5. The van der Waals surface area contributed by atoms with Crippen molar-refractivity contribution in [3.63, 3.8) is 0 Å². The van der Waals surface area contributed by atoms with Gasteiger partial charge in [-0.05, 0) is 18.8 Å². The summed E-state index contributed by atoms with van der Waals surface area (Å²) in [6.07, 6.45) is 4.72. The standard InChI is InChI=1S/C13H24O2/c1-5-9(2)13-10(3)6-7-12(15-13)11(4)8-14/h5,9-14H,1,6-8H2,2-4H3/t9-,10-,11+,12-,13+/m0/s1. The van der Waals surface area contributed by atoms with Gasteiger partial charge < -0.3 is 9.84 Å². The molecule has 0 saturated carbocycles. The van der Waals surface area contributed by atoms with Crippen molar-refractivity contribution in [2.75, 3.05) is 6.61 Å². The first-order valence-electron chi connectivity index (χ1n) is 5.99. The molecule has 1 aliphatic heterocycles. The van der Waals surface area contributed by atoms with Crippen molar-refractivity contribution in [3.05, 3.63) is 12.7 Å². The van der Waals surface area contributed by atoms with Gasteiger partial charge in [0, 0.05) is 18.4 Å². The first-order chi connectivity index (χ1) is 7.10. The van der Waals surface area contributed by atoms with Crippen LogP contribution in [0.15, 0.2) is 12.7 Å². The second-order valence-corrected chi connectivity index (χ2v) is 4.95. The lowest BCUT2D eigenvalue weighted by Gasteiger charge is -2.39. The van der Waals surface area contributed by atoms with Gasteiger partial charge >= 0.3 is 0 Å². The number of aliphatic hydroxyl groups is 1. The summed E-state index contributed by atoms with van der Waals surface area (Å²) >= 11 is 0. The van der Waals surface area contributed by atoms with E-state index in [1.165, 1.54) is 6.42 Å². The van der Waals surface area contributed by atoms with Gasteiger partial charge in [-0.1, -0.05) is 26.8 Å². The zero-order valence-corrected chi connectivity index (χ0v) is 10.1. The Morgan fingerprint density at radius 1 is 1.47 bits per heavy atom. The van der Waals surface area contributed by atoms with Gasteiger partial charge in [-0.2, -0.15) is 0 Å². The summed E-state index contributed by atoms with van der Waals surface area (Å²) in [4.78, 5) is 0. The van der Waals surface area contributed by atoms with Crippen LogP contribution in [0.4, 0.5) is 0 Å². The molecule has 0 bridgehead atoms. The van der Waals surface area contributed by atoms with Gasteiger partial charge in [0.2, 0.25) is 0 Å². The molecule has 0 amide bonds. The van der Waals surface area contributed by atoms with Crippen molar-refractivity contribution in [1.29, 1.82) is 0 Å². The molecule has 1 rings (SSSR count). The molecule has 0 unspecified atom stereocenters. The number of hydrogen-bond donors (Lipinski definition) is 1. The Morgan fingerprint density at radius 3 is 2.67 bits per heavy atom. The van der Waals surface area contributed by atoms with E-state index >= 15 is 0 Å². The van der Waals surface area contributed by atoms with Gasteiger partial charge in [-0.25, -0.2) is 0 Å². The Balaban J connectivity index is 2.59. The Labute approximate surface area is 93.3 Å². The lowest BCUT2D eigenvalue weighted by Crippen LogP contribution is -2.41. The van der Waals surface area contributed by atoms with Gasteiger partial charge in [0.05, 0.1) is 12.2 Å². The fourth-order valence-corrected chi connectivity index (χ4v) is 2.31. The normalized spacial score (nSPS) is 35.9. The van der Waals surface area contributed by atoms with Crippen LogP contribution in [-0.2, 0) is 4.74 Å². The number of hydrogen-bond acceptors (Lipinski definition) is 2. The Morgan fingerprint density at radius 2 is 2.13 bits per heavy atom. The van der Waals surface area contributed by atoms with Crippen LogP contribution in [0.5, 0.6) is 0 Å². The number of rotatable bonds is 4. The first-order valence-corrected chi connectivity index (χ1v) is 5.99. The highest BCUT2D eigenvalue weighted by molar-refractivity contribution is 4.89. The predicted octanol–water partition coefficient (Wildman–Crippen LogP) is 2.62. The first kappa shape index (κ1) is 12.7. The molecule has 0 aromatic rings. The molecule has 1 N–H and O–H groups in total. The van der Waals surface area contributed by atoms with Crippen LogP contribution >= 0.6 is 0 Å². The Bertz CT molecular complexity index is 203. The quantitative estimate of drug-likeness (QED) is 0.726. The lowest BCUT2D eigenvalue weighted by atomic mass is 9.84. The van der Waals surface area contributed by atoms with Gasteiger partial charge in [-0.15, -0.1) is 6.58 Å². The summed E-state index contributed by atoms with van der Waals surface area (Å²) < 4.78 is 6.07. The molecular weight excluding hydrogens is 188 g/mol. The van der Waals surface area contributed by atoms with Crippen molar-refractivity contribution in [2.45, 2.75) is 45.8 Å². The molecule has 2 heteroatoms. The molecule has 0 aromatic carbocycles. The maximum Gasteiger partial charge on any atom is 0.0664 e. The van der Waals surface area contributed by atoms with Crippen LogP contribution in [-0.4, -0.2) is 23.9 Å². The van der Waals surface area contributed by atoms with Gasteiger partial charge in [-0.3, -0.25) is 0 Å². The molecule has 1 aliphatic rings. The molecule has 1 fully saturated rings. The van der Waals surface area contributed by atoms with Gasteiger partial charge in [0.25, 0.3) is 0 Å². The SMILES string of the molecule is C=C[C@H](C)[C@H]1O[C@H]([C@H](C)CO)CC[C@@H]1C. The van der Waals surface area contributed by atoms with Crippen molar-refractivity contribution < 1.29 is 9.84 Å². The second kappa shape index (κ2) is 5.66. The topological polar surface area (TPSA) is 29.5 Å². The molecule has 0 radical (unpaired) electrons. The van der Waals surface area contributed by atoms with Crippen LogP contribution in [0, 0.1) is 17.8 Å². The third-order valence-electron chi connectivity index (χ3n) is 3.61. The molecule has 0 spiro atoms. The largest absolute Gasteiger partial charge is 0.396 e. The van der Waals surface area contributed by atoms with Crippen molar-refractivity contribution in [1.82, 2.24) is 0 Å². The third kappa shape index (κ3) is 3.05. The maximum atomic E-state index is 9.13. The summed E-state index contributed by atoms with van der Waals surface area (Å²) in [5, 5.41) is 9.13. The number of aliphatic hydroxyl groups excluding tert-OH is 1. The van der Waals surface area contributed by atoms with Gasteiger partial charge in [0.1, 0.15) is 0 Å². The van der Waals surface area contributed by atoms with Gasteiger partial charge in [0.15, 0.2) is 0 Å². The molecule has 0 aliphatic carbocycles. The highest BCUT2D eigenvalue weighted by Crippen LogP contribution is 2.32. The zero-order valence-electron chi connectivity index (χ0n) is 10.1. The molecule has 88 valence electrons. The van der Waals surface area contributed by atoms with E-state index in [9.17, 15) is 0 Å². The van der Waals surface area contributed by atoms with Crippen molar-refractivity contribution >= 4 is 0 Å². The average Bonchev–Trinajstić information content (AvgIpc) is 2.27. The fourth-order valence-electron chi connectivity index (χ4n) is 2.31. The van der Waals surface area contributed by atoms with Crippen LogP contribution < -0.4 is 0 Å². The van der Waals surface area contributed by atoms with E-state index in [1.54, 1.807) is 0 Å². The zero-order chi connectivity index (χ0) is 11.4. The molecule has 15 heavy (non-hydrogen) atoms. The minimum absolute atomic E-state index is 0.217. The van der Waals surface area contributed by atoms with E-state index in [-0.39, 0.29) is 24.7 Å². The van der Waals surface area contributed by atoms with E-state index in [0.717, 1.165) is 6.42 Å². The smallest absolute Gasteiger partial charge is 0.0664 e. The highest BCUT2D eigenvalue weighted by Gasteiger charge is 2.33. The maximum absolute atomic E-state index is 9.13. The fraction of sp³-hybridized carbons (Fsp3) is 0.846. The van der Waals surface area contributed by atoms with Crippen LogP contribution in [0.25, 0.3) is 0 Å². The Hall–Kier alpha value is -0.340. The third-order valence-corrected chi connectivity index (χ3v) is 3.61. The van der Waals surface area contributed by atoms with E-state index in [2.05, 4.69) is 27.4 Å². The molecule has 5 atom stereocenters. The Kier molecular flexibility index (Phi) is 4.81. The lowest BCUT2D eigenvalue weighted by molar-refractivity contribution is -0.120. The molecule has 2 nitrogen and oxygen atoms in total. The molecule has 1 saturated heterocycles. The van der Waals surface area contributed by atoms with Crippen molar-refractivity contribution in [2.24, 2.45) is 17.8 Å². The second-order valence-electron chi connectivity index (χ2n) is 4.95. The summed E-state index contributed by atoms with van der Waals surface area (Å²) in [7, 11) is 0. The van der Waals surface area contributed by atoms with Crippen LogP contribution in [0.1, 0.15) is 33.6 Å². The van der Waals surface area contributed by atoms with E-state index in [1.807, 2.05) is 6.08 Å². The predicted molar refractivity (Wildman–Crippen MR) is 62.7 cm³/mol. The molecular formula is C13H24O2. The molecule has 1 heterocycles. The van der Waals surface area contributed by atoms with E-state index < -0.39 is 0 Å². The molecule has 0 aromatic heterocycles. The van der Waals surface area contributed by atoms with Crippen molar-refractivity contribution in [3.8, 4) is 0 Å². The monoisotopic (exact) mass is 212 g/mol. The minimum Gasteiger partial charge on any atom is -0.396 e. The number of ether oxygens (including phenoxy) is 1. The summed E-state index contributed by atoms with van der Waals surface area (Å²) in [6, 6.07) is 0. The summed E-state index contributed by atoms with van der Waals surface area (Å²) in [6.45, 7) is 10.5. The summed E-state index contributed by atoms with van der Waals surface area (Å²) in [5.74, 6) is 1.24. The average molecular weight is 212 g/mol. The van der Waals surface area contributed by atoms with Crippen LogP contribution in [0.3, 0.4) is 0 Å².